The van der Waals surface area contributed by atoms with Crippen molar-refractivity contribution in [2.75, 3.05) is 12.4 Å². The largest absolute Gasteiger partial charge is 0.496 e. The highest BCUT2D eigenvalue weighted by Gasteiger charge is 2.06. The summed E-state index contributed by atoms with van der Waals surface area (Å²) in [6.07, 6.45) is 1.55. The summed E-state index contributed by atoms with van der Waals surface area (Å²) in [4.78, 5) is 23.3. The molecule has 0 aromatic heterocycles. The van der Waals surface area contributed by atoms with Crippen molar-refractivity contribution in [3.63, 3.8) is 0 Å². The van der Waals surface area contributed by atoms with Crippen molar-refractivity contribution in [3.05, 3.63) is 65.7 Å². The summed E-state index contributed by atoms with van der Waals surface area (Å²) in [7, 11) is 1.61. The van der Waals surface area contributed by atoms with Crippen LogP contribution in [-0.2, 0) is 16.1 Å². The Bertz CT molecular complexity index is 797. The quantitative estimate of drug-likeness (QED) is 0.794. The van der Waals surface area contributed by atoms with Crippen LogP contribution < -0.4 is 15.4 Å². The van der Waals surface area contributed by atoms with Gasteiger partial charge in [0.25, 0.3) is 0 Å². The summed E-state index contributed by atoms with van der Waals surface area (Å²) in [5, 5.41) is 5.57. The van der Waals surface area contributed by atoms with Crippen molar-refractivity contribution in [1.82, 2.24) is 5.32 Å². The molecule has 0 aliphatic heterocycles. The van der Waals surface area contributed by atoms with Gasteiger partial charge in [0, 0.05) is 30.8 Å². The van der Waals surface area contributed by atoms with Crippen LogP contribution in [0.15, 0.2) is 54.6 Å². The zero-order valence-electron chi connectivity index (χ0n) is 14.6. The molecular weight excluding hydrogens is 316 g/mol. The molecule has 2 amide bonds. The molecule has 2 N–H and O–H groups in total. The average Bonchev–Trinajstić information content (AvgIpc) is 2.59. The van der Waals surface area contributed by atoms with E-state index in [1.165, 1.54) is 6.92 Å². The Morgan fingerprint density at radius 3 is 2.56 bits per heavy atom. The van der Waals surface area contributed by atoms with Crippen LogP contribution in [0, 0.1) is 0 Å². The molecule has 2 aromatic carbocycles. The number of amides is 2. The first-order valence-electron chi connectivity index (χ1n) is 7.95. The molecule has 0 atom stereocenters. The molecule has 0 bridgehead atoms. The number of allylic oxidation sites excluding steroid dienone is 1. The van der Waals surface area contributed by atoms with Gasteiger partial charge >= 0.3 is 0 Å². The second-order valence-electron chi connectivity index (χ2n) is 5.63. The summed E-state index contributed by atoms with van der Waals surface area (Å²) < 4.78 is 5.32. The maximum atomic E-state index is 12.2. The number of carbonyl (C=O) groups is 2. The SMILES string of the molecule is COc1ccccc1/C(C)=C/C(=O)NCc1cccc(NC(C)=O)c1. The molecule has 0 saturated carbocycles. The van der Waals surface area contributed by atoms with Crippen molar-refractivity contribution in [2.24, 2.45) is 0 Å². The van der Waals surface area contributed by atoms with E-state index in [0.29, 0.717) is 12.2 Å². The van der Waals surface area contributed by atoms with Gasteiger partial charge in [-0.15, -0.1) is 0 Å². The number of ether oxygens (including phenoxy) is 1. The van der Waals surface area contributed by atoms with Crippen molar-refractivity contribution in [3.8, 4) is 5.75 Å². The lowest BCUT2D eigenvalue weighted by Gasteiger charge is -2.09. The predicted octanol–water partition coefficient (Wildman–Crippen LogP) is 3.37. The highest BCUT2D eigenvalue weighted by molar-refractivity contribution is 5.95. The fourth-order valence-electron chi connectivity index (χ4n) is 2.45. The number of carbonyl (C=O) groups excluding carboxylic acids is 2. The van der Waals surface area contributed by atoms with Gasteiger partial charge in [0.15, 0.2) is 0 Å². The standard InChI is InChI=1S/C20H22N2O3/c1-14(18-9-4-5-10-19(18)25-3)11-20(24)21-13-16-7-6-8-17(12-16)22-15(2)23/h4-12H,13H2,1-3H3,(H,21,24)(H,22,23)/b14-11+. The number of nitrogens with one attached hydrogen (secondary N) is 2. The van der Waals surface area contributed by atoms with Gasteiger partial charge in [0.2, 0.25) is 11.8 Å². The Balaban J connectivity index is 2.01. The number of hydrogen-bond donors (Lipinski definition) is 2. The third kappa shape index (κ3) is 5.49. The van der Waals surface area contributed by atoms with Gasteiger partial charge in [-0.3, -0.25) is 9.59 Å². The second-order valence-corrected chi connectivity index (χ2v) is 5.63. The Morgan fingerprint density at radius 1 is 1.08 bits per heavy atom. The van der Waals surface area contributed by atoms with E-state index in [1.54, 1.807) is 19.3 Å². The topological polar surface area (TPSA) is 67.4 Å². The van der Waals surface area contributed by atoms with Crippen LogP contribution in [-0.4, -0.2) is 18.9 Å². The van der Waals surface area contributed by atoms with Gasteiger partial charge in [-0.1, -0.05) is 30.3 Å². The Kier molecular flexibility index (Phi) is 6.34. The molecule has 2 rings (SSSR count). The van der Waals surface area contributed by atoms with Gasteiger partial charge in [0.05, 0.1) is 7.11 Å². The van der Waals surface area contributed by atoms with Crippen LogP contribution in [0.3, 0.4) is 0 Å². The zero-order chi connectivity index (χ0) is 18.2. The smallest absolute Gasteiger partial charge is 0.244 e. The van der Waals surface area contributed by atoms with Crippen molar-refractivity contribution in [2.45, 2.75) is 20.4 Å². The molecule has 0 unspecified atom stereocenters. The minimum Gasteiger partial charge on any atom is -0.496 e. The van der Waals surface area contributed by atoms with Gasteiger partial charge in [-0.25, -0.2) is 0 Å². The molecular formula is C20H22N2O3. The number of benzene rings is 2. The number of anilines is 1. The highest BCUT2D eigenvalue weighted by Crippen LogP contribution is 2.24. The van der Waals surface area contributed by atoms with Crippen LogP contribution in [0.25, 0.3) is 5.57 Å². The fourth-order valence-corrected chi connectivity index (χ4v) is 2.45. The van der Waals surface area contributed by atoms with Gasteiger partial charge < -0.3 is 15.4 Å². The predicted molar refractivity (Wildman–Crippen MR) is 99.2 cm³/mol. The summed E-state index contributed by atoms with van der Waals surface area (Å²) in [6.45, 7) is 3.71. The fraction of sp³-hybridized carbons (Fsp3) is 0.200. The number of para-hydroxylation sites is 1. The minimum absolute atomic E-state index is 0.128. The molecule has 0 heterocycles. The van der Waals surface area contributed by atoms with Crippen molar-refractivity contribution < 1.29 is 14.3 Å². The minimum atomic E-state index is -0.187. The van der Waals surface area contributed by atoms with E-state index < -0.39 is 0 Å². The van der Waals surface area contributed by atoms with E-state index >= 15 is 0 Å². The van der Waals surface area contributed by atoms with E-state index in [0.717, 1.165) is 22.4 Å². The van der Waals surface area contributed by atoms with E-state index in [1.807, 2.05) is 49.4 Å². The lowest BCUT2D eigenvalue weighted by atomic mass is 10.1. The Labute approximate surface area is 147 Å². The Morgan fingerprint density at radius 2 is 1.84 bits per heavy atom. The first kappa shape index (κ1) is 18.3. The van der Waals surface area contributed by atoms with Crippen molar-refractivity contribution >= 4 is 23.1 Å². The summed E-state index contributed by atoms with van der Waals surface area (Å²) in [5.74, 6) is 0.414. The van der Waals surface area contributed by atoms with Gasteiger partial charge in [-0.05, 0) is 36.3 Å². The first-order valence-corrected chi connectivity index (χ1v) is 7.95. The van der Waals surface area contributed by atoms with Crippen molar-refractivity contribution in [1.29, 1.82) is 0 Å². The third-order valence-corrected chi connectivity index (χ3v) is 3.59. The monoisotopic (exact) mass is 338 g/mol. The molecule has 5 nitrogen and oxygen atoms in total. The number of rotatable bonds is 6. The lowest BCUT2D eigenvalue weighted by Crippen LogP contribution is -2.20. The molecule has 0 saturated heterocycles. The maximum Gasteiger partial charge on any atom is 0.244 e. The first-order chi connectivity index (χ1) is 12.0. The maximum absolute atomic E-state index is 12.2. The van der Waals surface area contributed by atoms with Gasteiger partial charge in [-0.2, -0.15) is 0 Å². The summed E-state index contributed by atoms with van der Waals surface area (Å²) in [5.41, 5.74) is 3.32. The number of methoxy groups -OCH3 is 1. The van der Waals surface area contributed by atoms with Crippen LogP contribution in [0.4, 0.5) is 5.69 Å². The molecule has 130 valence electrons. The van der Waals surface area contributed by atoms with Gasteiger partial charge in [0.1, 0.15) is 5.75 Å². The van der Waals surface area contributed by atoms with Crippen LogP contribution >= 0.6 is 0 Å². The average molecular weight is 338 g/mol. The molecule has 5 heteroatoms. The number of hydrogen-bond acceptors (Lipinski definition) is 3. The molecule has 0 fully saturated rings. The van der Waals surface area contributed by atoms with E-state index in [9.17, 15) is 9.59 Å². The summed E-state index contributed by atoms with van der Waals surface area (Å²) in [6, 6.07) is 14.9. The second kappa shape index (κ2) is 8.68. The lowest BCUT2D eigenvalue weighted by molar-refractivity contribution is -0.116. The third-order valence-electron chi connectivity index (χ3n) is 3.59. The normalized spacial score (nSPS) is 10.9. The van der Waals surface area contributed by atoms with Crippen LogP contribution in [0.2, 0.25) is 0 Å². The highest BCUT2D eigenvalue weighted by atomic mass is 16.5. The Hall–Kier alpha value is -3.08. The molecule has 0 aliphatic rings. The molecule has 2 aromatic rings. The van der Waals surface area contributed by atoms with E-state index in [-0.39, 0.29) is 11.8 Å². The van der Waals surface area contributed by atoms with E-state index in [4.69, 9.17) is 4.74 Å². The molecule has 0 spiro atoms. The van der Waals surface area contributed by atoms with Crippen LogP contribution in [0.5, 0.6) is 5.75 Å². The molecule has 0 aliphatic carbocycles. The molecule has 25 heavy (non-hydrogen) atoms. The van der Waals surface area contributed by atoms with E-state index in [2.05, 4.69) is 10.6 Å². The summed E-state index contributed by atoms with van der Waals surface area (Å²) >= 11 is 0. The van der Waals surface area contributed by atoms with Crippen LogP contribution in [0.1, 0.15) is 25.0 Å². The zero-order valence-corrected chi connectivity index (χ0v) is 14.6. The molecule has 0 radical (unpaired) electrons.